The lowest BCUT2D eigenvalue weighted by Gasteiger charge is -2.14. The van der Waals surface area contributed by atoms with Gasteiger partial charge in [-0.1, -0.05) is 12.1 Å². The lowest BCUT2D eigenvalue weighted by molar-refractivity contribution is 0.249. The van der Waals surface area contributed by atoms with E-state index in [-0.39, 0.29) is 11.9 Å². The minimum atomic E-state index is -0.416. The van der Waals surface area contributed by atoms with E-state index in [0.29, 0.717) is 22.5 Å². The molecule has 118 valence electrons. The van der Waals surface area contributed by atoms with Crippen LogP contribution in [0, 0.1) is 5.82 Å². The molecule has 0 aliphatic rings. The number of rotatable bonds is 3. The molecule has 1 unspecified atom stereocenters. The molecule has 0 aliphatic heterocycles. The molecule has 2 amide bonds. The van der Waals surface area contributed by atoms with Crippen LogP contribution in [0.3, 0.4) is 0 Å². The molecular weight excluding hydrogens is 299 g/mol. The summed E-state index contributed by atoms with van der Waals surface area (Å²) in [7, 11) is 0. The number of hydrogen-bond donors (Lipinski definition) is 4. The van der Waals surface area contributed by atoms with Crippen LogP contribution in [0.4, 0.5) is 20.8 Å². The molecule has 0 spiro atoms. The Morgan fingerprint density at radius 2 is 2.09 bits per heavy atom. The van der Waals surface area contributed by atoms with Gasteiger partial charge in [0.05, 0.1) is 16.9 Å². The normalized spacial score (nSPS) is 12.1. The van der Waals surface area contributed by atoms with E-state index >= 15 is 0 Å². The number of fused-ring (bicyclic) bond motifs is 1. The second-order valence-electron chi connectivity index (χ2n) is 5.10. The average Bonchev–Trinajstić information content (AvgIpc) is 2.88. The number of nitrogens with two attached hydrogens (primary N) is 1. The Kier molecular flexibility index (Phi) is 3.80. The van der Waals surface area contributed by atoms with Gasteiger partial charge in [0, 0.05) is 12.3 Å². The van der Waals surface area contributed by atoms with Gasteiger partial charge in [0.15, 0.2) is 5.82 Å². The number of pyridine rings is 1. The topological polar surface area (TPSA) is 109 Å². The van der Waals surface area contributed by atoms with E-state index in [2.05, 4.69) is 25.8 Å². The van der Waals surface area contributed by atoms with Crippen molar-refractivity contribution in [3.8, 4) is 0 Å². The summed E-state index contributed by atoms with van der Waals surface area (Å²) in [5.41, 5.74) is 7.14. The Labute approximate surface area is 131 Å². The summed E-state index contributed by atoms with van der Waals surface area (Å²) in [4.78, 5) is 16.1. The van der Waals surface area contributed by atoms with Crippen molar-refractivity contribution in [3.05, 3.63) is 47.9 Å². The molecule has 2 heterocycles. The van der Waals surface area contributed by atoms with E-state index in [1.165, 1.54) is 18.3 Å². The first-order chi connectivity index (χ1) is 11.0. The van der Waals surface area contributed by atoms with E-state index in [0.717, 1.165) is 5.56 Å². The fraction of sp³-hybridized carbons (Fsp3) is 0.133. The van der Waals surface area contributed by atoms with Crippen molar-refractivity contribution in [2.45, 2.75) is 13.0 Å². The van der Waals surface area contributed by atoms with Gasteiger partial charge in [-0.15, -0.1) is 0 Å². The van der Waals surface area contributed by atoms with Crippen LogP contribution in [-0.2, 0) is 0 Å². The summed E-state index contributed by atoms with van der Waals surface area (Å²) < 4.78 is 12.9. The van der Waals surface area contributed by atoms with Gasteiger partial charge in [-0.05, 0) is 24.6 Å². The van der Waals surface area contributed by atoms with Gasteiger partial charge in [-0.25, -0.2) is 14.2 Å². The number of hydrogen-bond acceptors (Lipinski definition) is 4. The molecule has 0 radical (unpaired) electrons. The highest BCUT2D eigenvalue weighted by Crippen LogP contribution is 2.19. The van der Waals surface area contributed by atoms with Crippen LogP contribution in [-0.4, -0.2) is 21.2 Å². The van der Waals surface area contributed by atoms with Crippen LogP contribution in [0.1, 0.15) is 18.5 Å². The zero-order valence-corrected chi connectivity index (χ0v) is 12.3. The van der Waals surface area contributed by atoms with Crippen molar-refractivity contribution >= 4 is 28.6 Å². The van der Waals surface area contributed by atoms with Gasteiger partial charge >= 0.3 is 6.03 Å². The van der Waals surface area contributed by atoms with Gasteiger partial charge in [0.25, 0.3) is 0 Å². The van der Waals surface area contributed by atoms with E-state index in [1.807, 2.05) is 0 Å². The van der Waals surface area contributed by atoms with Gasteiger partial charge in [0.1, 0.15) is 11.6 Å². The number of halogens is 1. The van der Waals surface area contributed by atoms with Crippen LogP contribution in [0.2, 0.25) is 0 Å². The van der Waals surface area contributed by atoms with E-state index in [9.17, 15) is 9.18 Å². The number of nitrogens with one attached hydrogen (secondary N) is 3. The molecule has 0 saturated carbocycles. The maximum atomic E-state index is 12.9. The van der Waals surface area contributed by atoms with Crippen molar-refractivity contribution in [3.63, 3.8) is 0 Å². The minimum absolute atomic E-state index is 0.276. The first-order valence-electron chi connectivity index (χ1n) is 6.95. The number of amides is 2. The smallest absolute Gasteiger partial charge is 0.320 e. The van der Waals surface area contributed by atoms with Gasteiger partial charge in [0.2, 0.25) is 0 Å². The quantitative estimate of drug-likeness (QED) is 0.595. The summed E-state index contributed by atoms with van der Waals surface area (Å²) in [5.74, 6) is 0.403. The number of aromatic nitrogens is 3. The van der Waals surface area contributed by atoms with Crippen LogP contribution in [0.25, 0.3) is 10.9 Å². The third-order valence-electron chi connectivity index (χ3n) is 3.44. The third kappa shape index (κ3) is 3.20. The summed E-state index contributed by atoms with van der Waals surface area (Å²) in [6.07, 6.45) is 1.53. The molecule has 7 nitrogen and oxygen atoms in total. The number of nitrogens with zero attached hydrogens (tertiary/aromatic N) is 2. The van der Waals surface area contributed by atoms with Crippen LogP contribution in [0.15, 0.2) is 36.5 Å². The molecule has 1 aromatic carbocycles. The standard InChI is InChI=1S/C15H15FN6O/c1-8(9-2-4-10(16)5-3-9)19-15(23)20-13-6-12-11(7-18-13)14(17)22-21-12/h2-8H,1H3,(H3,17,21,22)(H2,18,19,20,23). The predicted octanol–water partition coefficient (Wildman–Crippen LogP) is 2.56. The molecule has 3 rings (SSSR count). The molecule has 5 N–H and O–H groups in total. The highest BCUT2D eigenvalue weighted by Gasteiger charge is 2.11. The number of H-pyrrole nitrogens is 1. The van der Waals surface area contributed by atoms with Crippen LogP contribution in [0.5, 0.6) is 0 Å². The summed E-state index contributed by atoms with van der Waals surface area (Å²) in [6, 6.07) is 6.90. The first-order valence-corrected chi connectivity index (χ1v) is 6.95. The number of carbonyl (C=O) groups excluding carboxylic acids is 1. The minimum Gasteiger partial charge on any atom is -0.382 e. The lowest BCUT2D eigenvalue weighted by Crippen LogP contribution is -2.31. The summed E-state index contributed by atoms with van der Waals surface area (Å²) in [6.45, 7) is 1.80. The molecule has 0 aliphatic carbocycles. The highest BCUT2D eigenvalue weighted by molar-refractivity contribution is 5.93. The average molecular weight is 314 g/mol. The predicted molar refractivity (Wildman–Crippen MR) is 85.3 cm³/mol. The number of aromatic amines is 1. The zero-order chi connectivity index (χ0) is 16.4. The van der Waals surface area contributed by atoms with Gasteiger partial charge in [-0.3, -0.25) is 10.4 Å². The van der Waals surface area contributed by atoms with E-state index in [4.69, 9.17) is 5.73 Å². The van der Waals surface area contributed by atoms with Crippen LogP contribution >= 0.6 is 0 Å². The second kappa shape index (κ2) is 5.91. The van der Waals surface area contributed by atoms with Crippen molar-refractivity contribution in [2.75, 3.05) is 11.1 Å². The van der Waals surface area contributed by atoms with Crippen molar-refractivity contribution in [1.29, 1.82) is 0 Å². The zero-order valence-electron chi connectivity index (χ0n) is 12.3. The third-order valence-corrected chi connectivity index (χ3v) is 3.44. The number of benzene rings is 1. The summed E-state index contributed by atoms with van der Waals surface area (Å²) in [5, 5.41) is 12.7. The maximum absolute atomic E-state index is 12.9. The molecule has 2 aromatic heterocycles. The maximum Gasteiger partial charge on any atom is 0.320 e. The van der Waals surface area contributed by atoms with Gasteiger partial charge in [-0.2, -0.15) is 5.10 Å². The molecule has 3 aromatic rings. The van der Waals surface area contributed by atoms with E-state index < -0.39 is 6.03 Å². The van der Waals surface area contributed by atoms with Gasteiger partial charge < -0.3 is 11.1 Å². The monoisotopic (exact) mass is 314 g/mol. The second-order valence-corrected chi connectivity index (χ2v) is 5.10. The van der Waals surface area contributed by atoms with E-state index in [1.54, 1.807) is 25.1 Å². The fourth-order valence-electron chi connectivity index (χ4n) is 2.18. The Morgan fingerprint density at radius 1 is 1.35 bits per heavy atom. The lowest BCUT2D eigenvalue weighted by atomic mass is 10.1. The SMILES string of the molecule is CC(NC(=O)Nc1cc2[nH]nc(N)c2cn1)c1ccc(F)cc1. The molecular formula is C15H15FN6O. The molecule has 8 heteroatoms. The summed E-state index contributed by atoms with van der Waals surface area (Å²) >= 11 is 0. The largest absolute Gasteiger partial charge is 0.382 e. The molecule has 0 bridgehead atoms. The molecule has 23 heavy (non-hydrogen) atoms. The Balaban J connectivity index is 1.66. The Hall–Kier alpha value is -3.16. The molecule has 1 atom stereocenters. The number of carbonyl (C=O) groups is 1. The molecule has 0 fully saturated rings. The van der Waals surface area contributed by atoms with Crippen molar-refractivity contribution < 1.29 is 9.18 Å². The highest BCUT2D eigenvalue weighted by atomic mass is 19.1. The Morgan fingerprint density at radius 3 is 2.83 bits per heavy atom. The van der Waals surface area contributed by atoms with Crippen LogP contribution < -0.4 is 16.4 Å². The van der Waals surface area contributed by atoms with Crippen molar-refractivity contribution in [1.82, 2.24) is 20.5 Å². The fourth-order valence-corrected chi connectivity index (χ4v) is 2.18. The number of anilines is 2. The first kappa shape index (κ1) is 14.8. The Bertz CT molecular complexity index is 845. The number of nitrogen functional groups attached to an aromatic ring is 1. The number of urea groups is 1. The molecule has 0 saturated heterocycles. The van der Waals surface area contributed by atoms with Crippen molar-refractivity contribution in [2.24, 2.45) is 0 Å².